The first-order chi connectivity index (χ1) is 1.73. The summed E-state index contributed by atoms with van der Waals surface area (Å²) in [6, 6.07) is 0. The van der Waals surface area contributed by atoms with Gasteiger partial charge in [-0.3, -0.25) is 0 Å². The summed E-state index contributed by atoms with van der Waals surface area (Å²) in [4.78, 5) is 0. The molecule has 30 valence electrons. The Morgan fingerprint density at radius 3 is 1.00 bits per heavy atom. The van der Waals surface area contributed by atoms with Gasteiger partial charge in [0.15, 0.2) is 0 Å². The van der Waals surface area contributed by atoms with Crippen molar-refractivity contribution in [3.8, 4) is 0 Å². The molecule has 0 spiro atoms. The first kappa shape index (κ1) is 15.8. The SMILES string of the molecule is [K+].[O-][Cl+2]([O-])[O-].[Ti]. The zero-order valence-electron chi connectivity index (χ0n) is 3.10. The van der Waals surface area contributed by atoms with Crippen molar-refractivity contribution in [3.63, 3.8) is 0 Å². The third-order valence-corrected chi connectivity index (χ3v) is 0. The molecule has 6 heteroatoms. The Morgan fingerprint density at radius 2 is 1.00 bits per heavy atom. The topological polar surface area (TPSA) is 69.2 Å². The van der Waals surface area contributed by atoms with E-state index in [9.17, 15) is 0 Å². The van der Waals surface area contributed by atoms with Gasteiger partial charge in [-0.05, 0) is 0 Å². The van der Waals surface area contributed by atoms with E-state index in [1.807, 2.05) is 0 Å². The van der Waals surface area contributed by atoms with Crippen LogP contribution in [0, 0.1) is 10.8 Å². The van der Waals surface area contributed by atoms with Gasteiger partial charge in [-0.15, -0.1) is 0 Å². The zero-order chi connectivity index (χ0) is 3.58. The van der Waals surface area contributed by atoms with Crippen LogP contribution in [0.25, 0.3) is 0 Å². The van der Waals surface area contributed by atoms with E-state index < -0.39 is 10.8 Å². The number of hydrogen-bond donors (Lipinski definition) is 0. The Kier molecular flexibility index (Phi) is 27.7. The van der Waals surface area contributed by atoms with E-state index in [2.05, 4.69) is 0 Å². The van der Waals surface area contributed by atoms with Crippen LogP contribution in [0.3, 0.4) is 0 Å². The van der Waals surface area contributed by atoms with E-state index in [4.69, 9.17) is 14.0 Å². The van der Waals surface area contributed by atoms with Gasteiger partial charge >= 0.3 is 51.4 Å². The van der Waals surface area contributed by atoms with Gasteiger partial charge in [0.2, 0.25) is 0 Å². The minimum atomic E-state index is -2.85. The second-order valence-corrected chi connectivity index (χ2v) is 0.567. The number of halogens is 1. The van der Waals surface area contributed by atoms with Crippen LogP contribution in [-0.2, 0) is 21.7 Å². The predicted octanol–water partition coefficient (Wildman–Crippen LogP) is -6.57. The van der Waals surface area contributed by atoms with Crippen molar-refractivity contribution in [2.24, 2.45) is 0 Å². The molecule has 0 aromatic rings. The fraction of sp³-hybridized carbons (Fsp3) is 0. The summed E-state index contributed by atoms with van der Waals surface area (Å²) >= 11 is 0. The maximum atomic E-state index is 8.41. The van der Waals surface area contributed by atoms with Crippen molar-refractivity contribution in [1.82, 2.24) is 0 Å². The second kappa shape index (κ2) is 10.5. The van der Waals surface area contributed by atoms with Crippen LogP contribution < -0.4 is 65.4 Å². The van der Waals surface area contributed by atoms with Crippen LogP contribution in [0.2, 0.25) is 0 Å². The summed E-state index contributed by atoms with van der Waals surface area (Å²) in [5.41, 5.74) is 0. The van der Waals surface area contributed by atoms with Crippen LogP contribution >= 0.6 is 0 Å². The fourth-order valence-corrected chi connectivity index (χ4v) is 0. The van der Waals surface area contributed by atoms with Gasteiger partial charge in [0.1, 0.15) is 0 Å². The van der Waals surface area contributed by atoms with Crippen molar-refractivity contribution in [1.29, 1.82) is 0 Å². The number of rotatable bonds is 0. The Hall–Kier alpha value is 2.52. The molecule has 0 bridgehead atoms. The van der Waals surface area contributed by atoms with Gasteiger partial charge in [0, 0.05) is 21.7 Å². The summed E-state index contributed by atoms with van der Waals surface area (Å²) in [7, 11) is -2.85. The van der Waals surface area contributed by atoms with Gasteiger partial charge in [0.25, 0.3) is 0 Å². The molecule has 0 rings (SSSR count). The summed E-state index contributed by atoms with van der Waals surface area (Å²) in [5, 5.41) is 0. The van der Waals surface area contributed by atoms with Gasteiger partial charge in [-0.25, -0.2) is 0 Å². The second-order valence-electron chi connectivity index (χ2n) is 0.189. The zero-order valence-corrected chi connectivity index (χ0v) is 8.54. The quantitative estimate of drug-likeness (QED) is 0.340. The average Bonchev–Trinajstić information content (AvgIpc) is 0.811. The van der Waals surface area contributed by atoms with Gasteiger partial charge < -0.3 is 14.0 Å². The van der Waals surface area contributed by atoms with E-state index in [1.165, 1.54) is 0 Å². The summed E-state index contributed by atoms with van der Waals surface area (Å²) in [5.74, 6) is 0. The molecular weight excluding hydrogens is 170 g/mol. The molecule has 0 fully saturated rings. The average molecular weight is 170 g/mol. The molecule has 0 N–H and O–H groups in total. The maximum absolute atomic E-state index is 8.41. The van der Waals surface area contributed by atoms with Crippen molar-refractivity contribution in [3.05, 3.63) is 0 Å². The normalized spacial score (nSPS) is 6.00. The summed E-state index contributed by atoms with van der Waals surface area (Å²) in [6.45, 7) is 0. The van der Waals surface area contributed by atoms with Crippen molar-refractivity contribution in [2.75, 3.05) is 0 Å². The molecule has 0 saturated carbocycles. The minimum absolute atomic E-state index is 0. The summed E-state index contributed by atoms with van der Waals surface area (Å²) in [6.07, 6.45) is 0. The molecule has 0 unspecified atom stereocenters. The van der Waals surface area contributed by atoms with Gasteiger partial charge in [-0.2, -0.15) is 0 Å². The largest absolute Gasteiger partial charge is 1.00 e. The van der Waals surface area contributed by atoms with Crippen LogP contribution in [0.5, 0.6) is 0 Å². The molecule has 3 nitrogen and oxygen atoms in total. The molecule has 0 atom stereocenters. The maximum Gasteiger partial charge on any atom is 1.00 e. The first-order valence-electron chi connectivity index (χ1n) is 0.463. The Balaban J connectivity index is -0.0000000450. The molecule has 0 aliphatic heterocycles. The van der Waals surface area contributed by atoms with E-state index in [1.54, 1.807) is 0 Å². The Bertz CT molecular complexity index is 15.5. The van der Waals surface area contributed by atoms with Crippen molar-refractivity contribution < 1.29 is 97.9 Å². The first-order valence-corrected chi connectivity index (χ1v) is 1.39. The van der Waals surface area contributed by atoms with Gasteiger partial charge in [-0.1, -0.05) is 0 Å². The van der Waals surface area contributed by atoms with Crippen LogP contribution in [0.4, 0.5) is 0 Å². The van der Waals surface area contributed by atoms with Crippen molar-refractivity contribution >= 4 is 0 Å². The molecular formula is ClKO3Ti. The van der Waals surface area contributed by atoms with E-state index in [-0.39, 0.29) is 73.1 Å². The molecule has 0 aliphatic carbocycles. The van der Waals surface area contributed by atoms with Crippen LogP contribution in [0.15, 0.2) is 0 Å². The third kappa shape index (κ3) is 31.3. The standard InChI is InChI=1S/ClO3.K.Ti/c2-1(3)4;;/q-1;+1;. The summed E-state index contributed by atoms with van der Waals surface area (Å²) < 4.78 is 25.2. The predicted molar refractivity (Wildman–Crippen MR) is 0 cm³/mol. The smallest absolute Gasteiger partial charge is 0.357 e. The van der Waals surface area contributed by atoms with Crippen LogP contribution in [0.1, 0.15) is 0 Å². The molecule has 0 aromatic heterocycles. The van der Waals surface area contributed by atoms with Crippen LogP contribution in [-0.4, -0.2) is 0 Å². The Labute approximate surface area is 95.8 Å². The van der Waals surface area contributed by atoms with E-state index in [0.717, 1.165) is 0 Å². The molecule has 0 radical (unpaired) electrons. The Morgan fingerprint density at radius 1 is 1.00 bits per heavy atom. The van der Waals surface area contributed by atoms with E-state index >= 15 is 0 Å². The number of hydrogen-bond acceptors (Lipinski definition) is 3. The molecule has 0 heterocycles. The molecule has 0 aromatic carbocycles. The van der Waals surface area contributed by atoms with E-state index in [0.29, 0.717) is 0 Å². The monoisotopic (exact) mass is 170 g/mol. The molecule has 0 aliphatic rings. The molecule has 0 saturated heterocycles. The van der Waals surface area contributed by atoms with Gasteiger partial charge in [0.05, 0.1) is 10.8 Å². The molecule has 0 amide bonds. The van der Waals surface area contributed by atoms with Crippen molar-refractivity contribution in [2.45, 2.75) is 0 Å². The third-order valence-electron chi connectivity index (χ3n) is 0. The minimum Gasteiger partial charge on any atom is -0.357 e. The molecule has 6 heavy (non-hydrogen) atoms. The fourth-order valence-electron chi connectivity index (χ4n) is 0.